The zero-order valence-corrected chi connectivity index (χ0v) is 10.8. The molecule has 0 amide bonds. The summed E-state index contributed by atoms with van der Waals surface area (Å²) in [6.07, 6.45) is 0. The zero-order valence-electron chi connectivity index (χ0n) is 9.95. The molecule has 0 aliphatic carbocycles. The van der Waals surface area contributed by atoms with E-state index in [4.69, 9.17) is 5.73 Å². The van der Waals surface area contributed by atoms with Crippen LogP contribution in [0.1, 0.15) is 32.4 Å². The van der Waals surface area contributed by atoms with Crippen LogP contribution in [0.4, 0.5) is 22.0 Å². The average Bonchev–Trinajstić information content (AvgIpc) is 2.22. The Bertz CT molecular complexity index is 427. The molecular formula is C11H13ClF5N. The number of benzene rings is 1. The van der Waals surface area contributed by atoms with Crippen molar-refractivity contribution in [2.75, 3.05) is 0 Å². The molecule has 0 radical (unpaired) electrons. The quantitative estimate of drug-likeness (QED) is 0.474. The number of hydrogen-bond donors (Lipinski definition) is 1. The van der Waals surface area contributed by atoms with E-state index in [1.807, 2.05) is 0 Å². The minimum atomic E-state index is -2.18. The van der Waals surface area contributed by atoms with Gasteiger partial charge in [0.2, 0.25) is 5.82 Å². The van der Waals surface area contributed by atoms with Crippen LogP contribution in [0.25, 0.3) is 0 Å². The first-order valence-corrected chi connectivity index (χ1v) is 4.86. The van der Waals surface area contributed by atoms with Crippen LogP contribution in [0.3, 0.4) is 0 Å². The first-order chi connectivity index (χ1) is 7.59. The largest absolute Gasteiger partial charge is 0.323 e. The summed E-state index contributed by atoms with van der Waals surface area (Å²) in [6, 6.07) is -1.30. The van der Waals surface area contributed by atoms with Gasteiger partial charge >= 0.3 is 0 Å². The van der Waals surface area contributed by atoms with E-state index in [0.29, 0.717) is 0 Å². The molecule has 0 heterocycles. The maximum absolute atomic E-state index is 13.4. The Morgan fingerprint density at radius 3 is 1.33 bits per heavy atom. The number of halogens is 6. The van der Waals surface area contributed by atoms with Crippen molar-refractivity contribution in [3.8, 4) is 0 Å². The number of hydrogen-bond acceptors (Lipinski definition) is 1. The molecule has 0 aliphatic heterocycles. The van der Waals surface area contributed by atoms with E-state index < -0.39 is 46.1 Å². The highest BCUT2D eigenvalue weighted by atomic mass is 35.5. The summed E-state index contributed by atoms with van der Waals surface area (Å²) in [7, 11) is 0. The maximum atomic E-state index is 13.4. The van der Waals surface area contributed by atoms with Crippen molar-refractivity contribution >= 4 is 12.4 Å². The monoisotopic (exact) mass is 289 g/mol. The molecule has 0 bridgehead atoms. The summed E-state index contributed by atoms with van der Waals surface area (Å²) in [5.74, 6) is -9.87. The van der Waals surface area contributed by atoms with E-state index in [1.54, 1.807) is 0 Å². The molecule has 0 spiro atoms. The fourth-order valence-electron chi connectivity index (χ4n) is 1.33. The fraction of sp³-hybridized carbons (Fsp3) is 0.455. The normalized spacial score (nSPS) is 13.2. The fourth-order valence-corrected chi connectivity index (χ4v) is 1.33. The lowest BCUT2D eigenvalue weighted by molar-refractivity contribution is 0.292. The molecule has 0 saturated heterocycles. The average molecular weight is 290 g/mol. The number of nitrogens with two attached hydrogens (primary N) is 1. The lowest BCUT2D eigenvalue weighted by Gasteiger charge is -2.28. The van der Waals surface area contributed by atoms with Gasteiger partial charge < -0.3 is 5.73 Å². The van der Waals surface area contributed by atoms with Gasteiger partial charge in [-0.3, -0.25) is 0 Å². The summed E-state index contributed by atoms with van der Waals surface area (Å²) in [6.45, 7) is 4.61. The van der Waals surface area contributed by atoms with Gasteiger partial charge in [-0.2, -0.15) is 0 Å². The van der Waals surface area contributed by atoms with Crippen molar-refractivity contribution in [1.29, 1.82) is 0 Å². The van der Waals surface area contributed by atoms with Gasteiger partial charge in [-0.25, -0.2) is 22.0 Å². The molecule has 1 atom stereocenters. The summed E-state index contributed by atoms with van der Waals surface area (Å²) < 4.78 is 65.4. The Kier molecular flexibility index (Phi) is 5.14. The van der Waals surface area contributed by atoms with Crippen molar-refractivity contribution in [1.82, 2.24) is 0 Å². The summed E-state index contributed by atoms with van der Waals surface area (Å²) in [5.41, 5.74) is 3.71. The molecule has 0 aliphatic rings. The third kappa shape index (κ3) is 2.75. The predicted molar refractivity (Wildman–Crippen MR) is 59.9 cm³/mol. The van der Waals surface area contributed by atoms with E-state index in [9.17, 15) is 22.0 Å². The molecule has 2 N–H and O–H groups in total. The standard InChI is InChI=1S/C11H12F5N.ClH/c1-11(2,3)10(17)4-5(12)7(14)9(16)8(15)6(4)13;/h10H,17H2,1-3H3;1H/t10-;/m1./s1. The van der Waals surface area contributed by atoms with E-state index in [2.05, 4.69) is 0 Å². The molecule has 7 heteroatoms. The maximum Gasteiger partial charge on any atom is 0.200 e. The topological polar surface area (TPSA) is 26.0 Å². The Morgan fingerprint density at radius 2 is 1.06 bits per heavy atom. The van der Waals surface area contributed by atoms with Gasteiger partial charge in [-0.05, 0) is 5.41 Å². The van der Waals surface area contributed by atoms with Crippen LogP contribution in [0.15, 0.2) is 0 Å². The van der Waals surface area contributed by atoms with Crippen LogP contribution in [0, 0.1) is 34.5 Å². The van der Waals surface area contributed by atoms with Gasteiger partial charge in [-0.1, -0.05) is 20.8 Å². The van der Waals surface area contributed by atoms with E-state index in [0.717, 1.165) is 0 Å². The molecule has 0 fully saturated rings. The van der Waals surface area contributed by atoms with Gasteiger partial charge in [-0.15, -0.1) is 12.4 Å². The molecule has 18 heavy (non-hydrogen) atoms. The highest BCUT2D eigenvalue weighted by molar-refractivity contribution is 5.85. The van der Waals surface area contributed by atoms with E-state index >= 15 is 0 Å². The molecule has 1 rings (SSSR count). The molecule has 0 aromatic heterocycles. The van der Waals surface area contributed by atoms with Crippen molar-refractivity contribution in [3.05, 3.63) is 34.6 Å². The predicted octanol–water partition coefficient (Wildman–Crippen LogP) is 3.85. The molecule has 104 valence electrons. The van der Waals surface area contributed by atoms with Crippen LogP contribution >= 0.6 is 12.4 Å². The minimum absolute atomic E-state index is 0. The van der Waals surface area contributed by atoms with Crippen LogP contribution in [0.2, 0.25) is 0 Å². The Hall–Kier alpha value is -0.880. The Balaban J connectivity index is 0.00000289. The van der Waals surface area contributed by atoms with Crippen molar-refractivity contribution in [3.63, 3.8) is 0 Å². The summed E-state index contributed by atoms with van der Waals surface area (Å²) in [4.78, 5) is 0. The smallest absolute Gasteiger partial charge is 0.200 e. The van der Waals surface area contributed by atoms with Gasteiger partial charge in [0.25, 0.3) is 0 Å². The second-order valence-electron chi connectivity index (χ2n) is 4.83. The molecule has 0 unspecified atom stereocenters. The van der Waals surface area contributed by atoms with Crippen LogP contribution in [-0.4, -0.2) is 0 Å². The number of rotatable bonds is 1. The van der Waals surface area contributed by atoms with Gasteiger partial charge in [0, 0.05) is 11.6 Å². The highest BCUT2D eigenvalue weighted by Gasteiger charge is 2.33. The van der Waals surface area contributed by atoms with Gasteiger partial charge in [0.15, 0.2) is 23.3 Å². The minimum Gasteiger partial charge on any atom is -0.323 e. The lowest BCUT2D eigenvalue weighted by atomic mass is 9.82. The second kappa shape index (κ2) is 5.40. The van der Waals surface area contributed by atoms with E-state index in [-0.39, 0.29) is 12.4 Å². The first-order valence-electron chi connectivity index (χ1n) is 4.86. The molecule has 1 nitrogen and oxygen atoms in total. The van der Waals surface area contributed by atoms with Crippen LogP contribution in [-0.2, 0) is 0 Å². The third-order valence-electron chi connectivity index (χ3n) is 2.49. The summed E-state index contributed by atoms with van der Waals surface area (Å²) in [5, 5.41) is 0. The summed E-state index contributed by atoms with van der Waals surface area (Å²) >= 11 is 0. The first kappa shape index (κ1) is 17.1. The van der Waals surface area contributed by atoms with Crippen molar-refractivity contribution < 1.29 is 22.0 Å². The van der Waals surface area contributed by atoms with Crippen molar-refractivity contribution in [2.24, 2.45) is 11.1 Å². The van der Waals surface area contributed by atoms with E-state index in [1.165, 1.54) is 20.8 Å². The van der Waals surface area contributed by atoms with Gasteiger partial charge in [0.05, 0.1) is 0 Å². The van der Waals surface area contributed by atoms with Crippen LogP contribution < -0.4 is 5.73 Å². The third-order valence-corrected chi connectivity index (χ3v) is 2.49. The molecule has 0 saturated carbocycles. The van der Waals surface area contributed by atoms with Gasteiger partial charge in [0.1, 0.15) is 0 Å². The Labute approximate surface area is 108 Å². The molecule has 1 aromatic rings. The Morgan fingerprint density at radius 1 is 0.778 bits per heavy atom. The molecular weight excluding hydrogens is 277 g/mol. The van der Waals surface area contributed by atoms with Crippen LogP contribution in [0.5, 0.6) is 0 Å². The zero-order chi connectivity index (χ0) is 13.5. The second-order valence-corrected chi connectivity index (χ2v) is 4.83. The van der Waals surface area contributed by atoms with Crippen molar-refractivity contribution in [2.45, 2.75) is 26.8 Å². The lowest BCUT2D eigenvalue weighted by Crippen LogP contribution is -2.29. The molecule has 1 aromatic carbocycles. The SMILES string of the molecule is CC(C)(C)[C@H](N)c1c(F)c(F)c(F)c(F)c1F.Cl. The highest BCUT2D eigenvalue weighted by Crippen LogP contribution is 2.35.